The lowest BCUT2D eigenvalue weighted by atomic mass is 9.99. The molecule has 264 valence electrons. The van der Waals surface area contributed by atoms with E-state index in [4.69, 9.17) is 0 Å². The lowest BCUT2D eigenvalue weighted by Gasteiger charge is -2.26. The third-order valence-corrected chi connectivity index (χ3v) is 10.8. The maximum atomic E-state index is 2.40. The summed E-state index contributed by atoms with van der Waals surface area (Å²) < 4.78 is 2.40. The fourth-order valence-corrected chi connectivity index (χ4v) is 8.10. The number of hydrogen-bond acceptors (Lipinski definition) is 1. The van der Waals surface area contributed by atoms with E-state index < -0.39 is 0 Å². The molecule has 0 aliphatic rings. The van der Waals surface area contributed by atoms with Crippen molar-refractivity contribution in [2.45, 2.75) is 0 Å². The molecule has 0 saturated heterocycles. The van der Waals surface area contributed by atoms with Gasteiger partial charge in [0, 0.05) is 33.5 Å². The molecular weight excluding hydrogens is 677 g/mol. The molecule has 0 atom stereocenters. The average Bonchev–Trinajstić information content (AvgIpc) is 3.62. The van der Waals surface area contributed by atoms with Gasteiger partial charge < -0.3 is 9.47 Å². The molecule has 0 aliphatic carbocycles. The van der Waals surface area contributed by atoms with Gasteiger partial charge in [0.2, 0.25) is 0 Å². The van der Waals surface area contributed by atoms with Gasteiger partial charge in [-0.05, 0) is 105 Å². The Labute approximate surface area is 327 Å². The molecule has 0 aliphatic heterocycles. The smallest absolute Gasteiger partial charge is 0.0547 e. The third kappa shape index (κ3) is 6.14. The van der Waals surface area contributed by atoms with E-state index in [0.29, 0.717) is 0 Å². The third-order valence-electron chi connectivity index (χ3n) is 10.8. The van der Waals surface area contributed by atoms with Gasteiger partial charge in [-0.3, -0.25) is 0 Å². The average molecular weight is 715 g/mol. The standard InChI is InChI=1S/C54H38N2/c1-5-15-39(16-6-1)41-27-29-42(30-28-41)43-31-33-47(34-32-43)55(48-24-13-21-45(37-48)40-17-7-2-8-18-40)49-35-36-52-51(38-49)54-50(44-19-9-3-10-20-44)25-14-26-53(54)56(52)46-22-11-4-12-23-46/h1-38H. The molecule has 9 aromatic carbocycles. The molecule has 1 aromatic heterocycles. The lowest BCUT2D eigenvalue weighted by molar-refractivity contribution is 1.18. The molecule has 10 rings (SSSR count). The Bertz CT molecular complexity index is 2910. The minimum Gasteiger partial charge on any atom is -0.310 e. The number of aromatic nitrogens is 1. The van der Waals surface area contributed by atoms with Gasteiger partial charge in [-0.25, -0.2) is 0 Å². The Morgan fingerprint density at radius 2 is 0.750 bits per heavy atom. The van der Waals surface area contributed by atoms with Crippen LogP contribution in [0.4, 0.5) is 17.1 Å². The number of fused-ring (bicyclic) bond motifs is 3. The Hall–Kier alpha value is -7.42. The van der Waals surface area contributed by atoms with Gasteiger partial charge in [0.15, 0.2) is 0 Å². The summed E-state index contributed by atoms with van der Waals surface area (Å²) in [5, 5.41) is 2.45. The Morgan fingerprint density at radius 3 is 1.38 bits per heavy atom. The number of benzene rings is 9. The number of hydrogen-bond donors (Lipinski definition) is 0. The fourth-order valence-electron chi connectivity index (χ4n) is 8.10. The van der Waals surface area contributed by atoms with Crippen LogP contribution in [0.5, 0.6) is 0 Å². The molecule has 2 heteroatoms. The van der Waals surface area contributed by atoms with Crippen molar-refractivity contribution in [3.05, 3.63) is 231 Å². The van der Waals surface area contributed by atoms with E-state index in [1.807, 2.05) is 0 Å². The van der Waals surface area contributed by atoms with Crippen molar-refractivity contribution in [1.82, 2.24) is 4.57 Å². The summed E-state index contributed by atoms with van der Waals surface area (Å²) in [6, 6.07) is 83.0. The SMILES string of the molecule is c1ccc(-c2ccc(-c3ccc(N(c4cccc(-c5ccccc5)c4)c4ccc5c(c4)c4c(-c6ccccc6)cccc4n5-c4ccccc4)cc3)cc2)cc1. The van der Waals surface area contributed by atoms with E-state index in [9.17, 15) is 0 Å². The van der Waals surface area contributed by atoms with Crippen LogP contribution >= 0.6 is 0 Å². The van der Waals surface area contributed by atoms with Gasteiger partial charge >= 0.3 is 0 Å². The predicted octanol–water partition coefficient (Wildman–Crippen LogP) is 14.9. The summed E-state index contributed by atoms with van der Waals surface area (Å²) >= 11 is 0. The van der Waals surface area contributed by atoms with E-state index in [1.165, 1.54) is 66.3 Å². The molecule has 2 nitrogen and oxygen atoms in total. The van der Waals surface area contributed by atoms with Crippen LogP contribution < -0.4 is 4.90 Å². The molecule has 0 unspecified atom stereocenters. The van der Waals surface area contributed by atoms with Gasteiger partial charge in [0.05, 0.1) is 11.0 Å². The summed E-state index contributed by atoms with van der Waals surface area (Å²) in [5.74, 6) is 0. The number of anilines is 3. The zero-order valence-electron chi connectivity index (χ0n) is 30.8. The van der Waals surface area contributed by atoms with Crippen molar-refractivity contribution in [2.75, 3.05) is 4.90 Å². The molecule has 56 heavy (non-hydrogen) atoms. The quantitative estimate of drug-likeness (QED) is 0.152. The van der Waals surface area contributed by atoms with Gasteiger partial charge in [0.1, 0.15) is 0 Å². The normalized spacial score (nSPS) is 11.2. The van der Waals surface area contributed by atoms with Crippen molar-refractivity contribution in [2.24, 2.45) is 0 Å². The van der Waals surface area contributed by atoms with E-state index >= 15 is 0 Å². The van der Waals surface area contributed by atoms with Crippen molar-refractivity contribution >= 4 is 38.9 Å². The summed E-state index contributed by atoms with van der Waals surface area (Å²) in [5.41, 5.74) is 16.4. The second-order valence-electron chi connectivity index (χ2n) is 14.2. The van der Waals surface area contributed by atoms with Crippen LogP contribution in [-0.2, 0) is 0 Å². The largest absolute Gasteiger partial charge is 0.310 e. The molecule has 0 fully saturated rings. The van der Waals surface area contributed by atoms with Gasteiger partial charge in [-0.15, -0.1) is 0 Å². The van der Waals surface area contributed by atoms with Crippen LogP contribution in [0.1, 0.15) is 0 Å². The summed E-state index contributed by atoms with van der Waals surface area (Å²) in [6.07, 6.45) is 0. The van der Waals surface area contributed by atoms with Crippen LogP contribution in [0.3, 0.4) is 0 Å². The molecular formula is C54H38N2. The van der Waals surface area contributed by atoms with Crippen LogP contribution in [0.15, 0.2) is 231 Å². The highest BCUT2D eigenvalue weighted by Crippen LogP contribution is 2.43. The second kappa shape index (κ2) is 14.4. The number of rotatable bonds is 8. The highest BCUT2D eigenvalue weighted by atomic mass is 15.1. The maximum absolute atomic E-state index is 2.40. The molecule has 0 spiro atoms. The van der Waals surface area contributed by atoms with Crippen LogP contribution in [0.2, 0.25) is 0 Å². The first-order valence-corrected chi connectivity index (χ1v) is 19.2. The summed E-state index contributed by atoms with van der Waals surface area (Å²) in [6.45, 7) is 0. The zero-order chi connectivity index (χ0) is 37.3. The van der Waals surface area contributed by atoms with Gasteiger partial charge in [-0.2, -0.15) is 0 Å². The van der Waals surface area contributed by atoms with Crippen molar-refractivity contribution in [3.8, 4) is 50.2 Å². The van der Waals surface area contributed by atoms with Gasteiger partial charge in [0.25, 0.3) is 0 Å². The van der Waals surface area contributed by atoms with Crippen molar-refractivity contribution < 1.29 is 0 Å². The molecule has 0 amide bonds. The van der Waals surface area contributed by atoms with Crippen LogP contribution in [-0.4, -0.2) is 4.57 Å². The predicted molar refractivity (Wildman–Crippen MR) is 237 cm³/mol. The Kier molecular flexibility index (Phi) is 8.55. The molecule has 1 heterocycles. The van der Waals surface area contributed by atoms with E-state index in [-0.39, 0.29) is 0 Å². The maximum Gasteiger partial charge on any atom is 0.0547 e. The number of nitrogens with zero attached hydrogens (tertiary/aromatic N) is 2. The Morgan fingerprint density at radius 1 is 0.286 bits per heavy atom. The lowest BCUT2D eigenvalue weighted by Crippen LogP contribution is -2.10. The molecule has 0 bridgehead atoms. The first-order valence-electron chi connectivity index (χ1n) is 19.2. The summed E-state index contributed by atoms with van der Waals surface area (Å²) in [4.78, 5) is 2.39. The zero-order valence-corrected chi connectivity index (χ0v) is 30.8. The Balaban J connectivity index is 1.14. The van der Waals surface area contributed by atoms with E-state index in [0.717, 1.165) is 22.7 Å². The second-order valence-corrected chi connectivity index (χ2v) is 14.2. The first-order chi connectivity index (χ1) is 27.8. The van der Waals surface area contributed by atoms with Crippen LogP contribution in [0.25, 0.3) is 72.0 Å². The summed E-state index contributed by atoms with van der Waals surface area (Å²) in [7, 11) is 0. The topological polar surface area (TPSA) is 8.17 Å². The van der Waals surface area contributed by atoms with Crippen molar-refractivity contribution in [1.29, 1.82) is 0 Å². The van der Waals surface area contributed by atoms with E-state index in [2.05, 4.69) is 240 Å². The van der Waals surface area contributed by atoms with Crippen molar-refractivity contribution in [3.63, 3.8) is 0 Å². The minimum absolute atomic E-state index is 1.09. The van der Waals surface area contributed by atoms with Crippen LogP contribution in [0, 0.1) is 0 Å². The minimum atomic E-state index is 1.09. The van der Waals surface area contributed by atoms with E-state index in [1.54, 1.807) is 0 Å². The molecule has 10 aromatic rings. The fraction of sp³-hybridized carbons (Fsp3) is 0. The highest BCUT2D eigenvalue weighted by Gasteiger charge is 2.20. The molecule has 0 saturated carbocycles. The molecule has 0 radical (unpaired) electrons. The number of para-hydroxylation sites is 1. The monoisotopic (exact) mass is 714 g/mol. The van der Waals surface area contributed by atoms with Gasteiger partial charge in [-0.1, -0.05) is 170 Å². The molecule has 0 N–H and O–H groups in total. The first kappa shape index (κ1) is 33.2. The highest BCUT2D eigenvalue weighted by molar-refractivity contribution is 6.16.